The van der Waals surface area contributed by atoms with Gasteiger partial charge in [-0.1, -0.05) is 55.2 Å². The molecule has 2 aliphatic carbocycles. The van der Waals surface area contributed by atoms with Crippen LogP contribution in [0, 0.1) is 41.4 Å². The maximum absolute atomic E-state index is 14.2. The molecule has 7 aliphatic rings. The Labute approximate surface area is 364 Å². The smallest absolute Gasteiger partial charge is 0.407 e. The van der Waals surface area contributed by atoms with Crippen molar-refractivity contribution in [2.45, 2.75) is 95.3 Å². The van der Waals surface area contributed by atoms with Crippen molar-refractivity contribution >= 4 is 46.1 Å². The van der Waals surface area contributed by atoms with Crippen LogP contribution in [0.5, 0.6) is 0 Å². The van der Waals surface area contributed by atoms with Gasteiger partial charge in [-0.3, -0.25) is 19.4 Å². The zero-order valence-corrected chi connectivity index (χ0v) is 36.1. The topological polar surface area (TPSA) is 136 Å². The zero-order valence-electron chi connectivity index (χ0n) is 36.1. The summed E-state index contributed by atoms with van der Waals surface area (Å²) in [6.07, 6.45) is 13.1. The molecule has 0 spiro atoms. The van der Waals surface area contributed by atoms with Crippen LogP contribution in [-0.4, -0.2) is 111 Å². The summed E-state index contributed by atoms with van der Waals surface area (Å²) in [5.74, 6) is 7.01. The molecule has 1 saturated carbocycles. The number of carbonyl (C=O) groups excluding carboxylic acids is 4. The highest BCUT2D eigenvalue weighted by molar-refractivity contribution is 6.02. The summed E-state index contributed by atoms with van der Waals surface area (Å²) in [6, 6.07) is 12.2. The van der Waals surface area contributed by atoms with Gasteiger partial charge in [0.2, 0.25) is 11.8 Å². The van der Waals surface area contributed by atoms with Crippen LogP contribution in [0.25, 0.3) is 16.5 Å². The number of nitrogens with one attached hydrogen (secondary N) is 1. The van der Waals surface area contributed by atoms with Gasteiger partial charge < -0.3 is 34.1 Å². The Bertz CT molecular complexity index is 2290. The Hall–Kier alpha value is -5.25. The number of benzene rings is 2. The Morgan fingerprint density at radius 1 is 0.855 bits per heavy atom. The van der Waals surface area contributed by atoms with E-state index in [2.05, 4.69) is 83.6 Å². The van der Waals surface area contributed by atoms with Crippen molar-refractivity contribution in [3.05, 3.63) is 76.9 Å². The maximum atomic E-state index is 14.2. The SMILES string of the molecule is COC(=O)C[C@H](C(=O)N1C[C@@H](C)C[C@H]1C1=NC(c2ccc3cc(C#CC4=CC=C([C@@H]5C[C@H]6C[C@H]6N5C(=O)[C@@H](NC(=O)OC)C5CCOCC5)C4)ccc3c2)=CC1)C1CCOCC1. The fourth-order valence-electron chi connectivity index (χ4n) is 10.9. The third kappa shape index (κ3) is 8.84. The first-order chi connectivity index (χ1) is 30.2. The van der Waals surface area contributed by atoms with Crippen LogP contribution in [0.3, 0.4) is 0 Å². The van der Waals surface area contributed by atoms with Crippen molar-refractivity contribution in [2.75, 3.05) is 47.2 Å². The van der Waals surface area contributed by atoms with E-state index in [4.69, 9.17) is 23.9 Å². The molecule has 3 amide bonds. The van der Waals surface area contributed by atoms with Crippen molar-refractivity contribution in [1.82, 2.24) is 15.1 Å². The maximum Gasteiger partial charge on any atom is 0.407 e. The molecule has 12 nitrogen and oxygen atoms in total. The first kappa shape index (κ1) is 42.1. The fourth-order valence-corrected chi connectivity index (χ4v) is 10.9. The largest absolute Gasteiger partial charge is 0.469 e. The number of hydrogen-bond donors (Lipinski definition) is 1. The number of esters is 1. The van der Waals surface area contributed by atoms with Gasteiger partial charge in [0, 0.05) is 74.3 Å². The molecule has 4 saturated heterocycles. The lowest BCUT2D eigenvalue weighted by atomic mass is 9.82. The van der Waals surface area contributed by atoms with Crippen LogP contribution >= 0.6 is 0 Å². The number of amides is 3. The average Bonchev–Trinajstić information content (AvgIpc) is 3.78. The highest BCUT2D eigenvalue weighted by Gasteiger charge is 2.56. The van der Waals surface area contributed by atoms with Crippen LogP contribution < -0.4 is 5.32 Å². The number of hydrogen-bond acceptors (Lipinski definition) is 9. The summed E-state index contributed by atoms with van der Waals surface area (Å²) in [5.41, 5.74) is 6.12. The van der Waals surface area contributed by atoms with Gasteiger partial charge in [0.15, 0.2) is 0 Å². The molecule has 1 N–H and O–H groups in total. The van der Waals surface area contributed by atoms with Crippen LogP contribution in [0.15, 0.2) is 70.8 Å². The first-order valence-electron chi connectivity index (χ1n) is 22.6. The van der Waals surface area contributed by atoms with E-state index in [1.54, 1.807) is 0 Å². The van der Waals surface area contributed by atoms with E-state index in [1.165, 1.54) is 19.8 Å². The summed E-state index contributed by atoms with van der Waals surface area (Å²) in [7, 11) is 2.72. The number of fused-ring (bicyclic) bond motifs is 2. The third-order valence-corrected chi connectivity index (χ3v) is 14.4. The van der Waals surface area contributed by atoms with Crippen LogP contribution in [0.4, 0.5) is 4.79 Å². The molecule has 326 valence electrons. The highest BCUT2D eigenvalue weighted by atomic mass is 16.5. The van der Waals surface area contributed by atoms with Crippen LogP contribution in [-0.2, 0) is 33.3 Å². The number of methoxy groups -OCH3 is 2. The quantitative estimate of drug-likeness (QED) is 0.209. The summed E-state index contributed by atoms with van der Waals surface area (Å²) in [4.78, 5) is 62.5. The van der Waals surface area contributed by atoms with Gasteiger partial charge >= 0.3 is 12.1 Å². The highest BCUT2D eigenvalue weighted by Crippen LogP contribution is 2.51. The van der Waals surface area contributed by atoms with E-state index in [0.29, 0.717) is 57.6 Å². The molecule has 5 heterocycles. The van der Waals surface area contributed by atoms with Crippen molar-refractivity contribution in [1.29, 1.82) is 0 Å². The number of ether oxygens (including phenoxy) is 4. The molecular formula is C50H58N4O8. The predicted octanol–water partition coefficient (Wildman–Crippen LogP) is 6.62. The zero-order chi connectivity index (χ0) is 42.9. The molecule has 0 bridgehead atoms. The lowest BCUT2D eigenvalue weighted by Gasteiger charge is -2.36. The number of rotatable bonds is 10. The van der Waals surface area contributed by atoms with E-state index in [9.17, 15) is 19.2 Å². The Kier molecular flexibility index (Phi) is 12.4. The molecule has 0 radical (unpaired) electrons. The third-order valence-electron chi connectivity index (χ3n) is 14.4. The van der Waals surface area contributed by atoms with Gasteiger partial charge in [-0.2, -0.15) is 0 Å². The van der Waals surface area contributed by atoms with Gasteiger partial charge in [-0.25, -0.2) is 4.79 Å². The monoisotopic (exact) mass is 842 g/mol. The number of carbonyl (C=O) groups is 4. The van der Waals surface area contributed by atoms with Gasteiger partial charge in [-0.15, -0.1) is 0 Å². The molecule has 0 aromatic heterocycles. The molecule has 2 aromatic rings. The normalized spacial score (nSPS) is 27.0. The van der Waals surface area contributed by atoms with Crippen LogP contribution in [0.2, 0.25) is 0 Å². The second kappa shape index (κ2) is 18.2. The van der Waals surface area contributed by atoms with Gasteiger partial charge in [0.25, 0.3) is 0 Å². The molecule has 9 rings (SSSR count). The Morgan fingerprint density at radius 2 is 1.60 bits per heavy atom. The summed E-state index contributed by atoms with van der Waals surface area (Å²) in [6.45, 7) is 5.23. The molecule has 5 aliphatic heterocycles. The minimum absolute atomic E-state index is 0.00421. The van der Waals surface area contributed by atoms with E-state index < -0.39 is 18.1 Å². The number of nitrogens with zero attached hydrogens (tertiary/aromatic N) is 3. The van der Waals surface area contributed by atoms with Crippen molar-refractivity contribution < 1.29 is 38.1 Å². The van der Waals surface area contributed by atoms with Crippen molar-refractivity contribution in [3.63, 3.8) is 0 Å². The number of allylic oxidation sites excluding steroid dienone is 4. The molecule has 5 fully saturated rings. The second-order valence-electron chi connectivity index (χ2n) is 18.3. The van der Waals surface area contributed by atoms with Gasteiger partial charge in [0.1, 0.15) is 6.04 Å². The minimum Gasteiger partial charge on any atom is -0.469 e. The molecule has 2 aromatic carbocycles. The van der Waals surface area contributed by atoms with Gasteiger partial charge in [0.05, 0.1) is 44.3 Å². The van der Waals surface area contributed by atoms with E-state index >= 15 is 0 Å². The van der Waals surface area contributed by atoms with Crippen molar-refractivity contribution in [2.24, 2.45) is 34.6 Å². The number of aliphatic imine (C=N–C) groups is 1. The van der Waals surface area contributed by atoms with Crippen LogP contribution in [0.1, 0.15) is 82.3 Å². The van der Waals surface area contributed by atoms with Gasteiger partial charge in [-0.05, 0) is 103 Å². The average molecular weight is 843 g/mol. The lowest BCUT2D eigenvalue weighted by Crippen LogP contribution is -2.55. The minimum atomic E-state index is -0.628. The molecule has 62 heavy (non-hydrogen) atoms. The number of alkyl carbamates (subject to hydrolysis) is 1. The molecule has 7 atom stereocenters. The molecule has 12 heteroatoms. The number of piperidine rings is 1. The number of likely N-dealkylation sites (tertiary alicyclic amines) is 2. The van der Waals surface area contributed by atoms with Crippen molar-refractivity contribution in [3.8, 4) is 11.8 Å². The first-order valence-corrected chi connectivity index (χ1v) is 22.6. The summed E-state index contributed by atoms with van der Waals surface area (Å²) < 4.78 is 21.1. The Balaban J connectivity index is 0.843. The van der Waals surface area contributed by atoms with E-state index in [-0.39, 0.29) is 54.2 Å². The predicted molar refractivity (Wildman–Crippen MR) is 235 cm³/mol. The lowest BCUT2D eigenvalue weighted by molar-refractivity contribution is -0.149. The van der Waals surface area contributed by atoms with E-state index in [0.717, 1.165) is 83.8 Å². The summed E-state index contributed by atoms with van der Waals surface area (Å²) in [5, 5.41) is 5.07. The van der Waals surface area contributed by atoms with E-state index in [1.807, 2.05) is 4.90 Å². The molecule has 0 unspecified atom stereocenters. The fraction of sp³-hybridized carbons (Fsp3) is 0.540. The Morgan fingerprint density at radius 3 is 2.35 bits per heavy atom. The second-order valence-corrected chi connectivity index (χ2v) is 18.3. The summed E-state index contributed by atoms with van der Waals surface area (Å²) >= 11 is 0. The standard InChI is InChI=1S/C50H58N4O8/c1-30-22-45(53(29-30)48(56)40(28-46(55)59-2)33-14-18-61-19-15-33)42-13-12-41(51-42)37-11-10-35-23-31(6-8-36(35)25-37)4-5-32-7-9-38(24-32)43-26-39-27-44(39)54(43)49(57)47(52-50(58)60-3)34-16-20-62-21-17-34/h6-12,23,25,30,33-34,39-40,43-45,47H,13-22,24,26-29H2,1-3H3,(H,52,58)/t30-,39-,40-,43-,44+,45-,47-/m0/s1. The molecular weight excluding hydrogens is 785 g/mol.